The Morgan fingerprint density at radius 3 is 2.63 bits per heavy atom. The summed E-state index contributed by atoms with van der Waals surface area (Å²) < 4.78 is 0. The fourth-order valence-electron chi connectivity index (χ4n) is 1.91. The zero-order valence-electron chi connectivity index (χ0n) is 10.8. The topological polar surface area (TPSA) is 37.3 Å². The first kappa shape index (κ1) is 13.8. The molecule has 0 amide bonds. The van der Waals surface area contributed by atoms with Crippen LogP contribution in [0.25, 0.3) is 10.8 Å². The van der Waals surface area contributed by atoms with Gasteiger partial charge in [-0.15, -0.1) is 0 Å². The quantitative estimate of drug-likeness (QED) is 0.862. The van der Waals surface area contributed by atoms with Crippen molar-refractivity contribution in [3.05, 3.63) is 60.2 Å². The lowest BCUT2D eigenvalue weighted by Crippen LogP contribution is -2.08. The molecule has 0 aliphatic carbocycles. The highest BCUT2D eigenvalue weighted by molar-refractivity contribution is 8.14. The molecule has 0 aromatic heterocycles. The summed E-state index contributed by atoms with van der Waals surface area (Å²) >= 11 is 1.17. The van der Waals surface area contributed by atoms with E-state index in [4.69, 9.17) is 0 Å². The molecular weight excluding hydrogens is 256 g/mol. The predicted octanol–water partition coefficient (Wildman–Crippen LogP) is 3.71. The monoisotopic (exact) mass is 272 g/mol. The van der Waals surface area contributed by atoms with Gasteiger partial charge < -0.3 is 5.11 Å². The van der Waals surface area contributed by atoms with E-state index >= 15 is 0 Å². The largest absolute Gasteiger partial charge is 0.384 e. The Labute approximate surface area is 117 Å². The van der Waals surface area contributed by atoms with E-state index in [0.29, 0.717) is 11.3 Å². The fraction of sp³-hybridized carbons (Fsp3) is 0.188. The van der Waals surface area contributed by atoms with Crippen LogP contribution in [0.3, 0.4) is 0 Å². The van der Waals surface area contributed by atoms with E-state index in [9.17, 15) is 9.90 Å². The molecule has 1 atom stereocenters. The maximum Gasteiger partial charge on any atom is 0.217 e. The van der Waals surface area contributed by atoms with Crippen LogP contribution in [0.4, 0.5) is 0 Å². The molecule has 2 rings (SSSR count). The zero-order chi connectivity index (χ0) is 13.8. The first-order chi connectivity index (χ1) is 9.13. The van der Waals surface area contributed by atoms with Gasteiger partial charge in [0.2, 0.25) is 5.12 Å². The van der Waals surface area contributed by atoms with Crippen LogP contribution < -0.4 is 0 Å². The molecule has 0 bridgehead atoms. The van der Waals surface area contributed by atoms with Crippen molar-refractivity contribution >= 4 is 27.6 Å². The van der Waals surface area contributed by atoms with Gasteiger partial charge in [0.1, 0.15) is 6.10 Å². The van der Waals surface area contributed by atoms with Crippen molar-refractivity contribution in [3.63, 3.8) is 0 Å². The Hall–Kier alpha value is -1.58. The fourth-order valence-corrected chi connectivity index (χ4v) is 2.47. The summed E-state index contributed by atoms with van der Waals surface area (Å²) in [5, 5.41) is 12.2. The molecule has 0 spiro atoms. The Morgan fingerprint density at radius 1 is 1.26 bits per heavy atom. The molecule has 1 unspecified atom stereocenters. The first-order valence-electron chi connectivity index (χ1n) is 6.16. The highest BCUT2D eigenvalue weighted by atomic mass is 32.2. The van der Waals surface area contributed by atoms with Crippen LogP contribution in [-0.4, -0.2) is 16.0 Å². The summed E-state index contributed by atoms with van der Waals surface area (Å²) in [6.45, 7) is 5.61. The molecule has 3 heteroatoms. The number of rotatable bonds is 4. The molecule has 98 valence electrons. The third-order valence-electron chi connectivity index (χ3n) is 2.96. The van der Waals surface area contributed by atoms with Gasteiger partial charge in [0, 0.05) is 5.57 Å². The van der Waals surface area contributed by atoms with Crippen LogP contribution >= 0.6 is 11.8 Å². The van der Waals surface area contributed by atoms with E-state index in [2.05, 4.69) is 6.58 Å². The molecule has 2 aromatic rings. The van der Waals surface area contributed by atoms with E-state index in [1.165, 1.54) is 11.8 Å². The number of benzene rings is 2. The maximum atomic E-state index is 11.7. The number of hydrogen-bond donors (Lipinski definition) is 1. The molecule has 2 nitrogen and oxygen atoms in total. The number of fused-ring (bicyclic) bond motifs is 1. The number of hydrogen-bond acceptors (Lipinski definition) is 3. The Bertz CT molecular complexity index is 619. The van der Waals surface area contributed by atoms with Gasteiger partial charge in [0.05, 0.1) is 0 Å². The van der Waals surface area contributed by atoms with Crippen LogP contribution in [0.5, 0.6) is 0 Å². The molecule has 0 aliphatic heterocycles. The second-order valence-corrected chi connectivity index (χ2v) is 5.49. The van der Waals surface area contributed by atoms with Crippen LogP contribution in [0.15, 0.2) is 54.6 Å². The van der Waals surface area contributed by atoms with E-state index in [-0.39, 0.29) is 10.7 Å². The normalized spacial score (nSPS) is 12.3. The molecule has 0 saturated heterocycles. The van der Waals surface area contributed by atoms with Crippen molar-refractivity contribution in [2.75, 3.05) is 5.75 Å². The summed E-state index contributed by atoms with van der Waals surface area (Å²) in [5.74, 6) is 0.683. The van der Waals surface area contributed by atoms with Crippen molar-refractivity contribution in [2.45, 2.75) is 13.0 Å². The average molecular weight is 272 g/mol. The van der Waals surface area contributed by atoms with Crippen molar-refractivity contribution in [1.82, 2.24) is 0 Å². The minimum absolute atomic E-state index is 0.150. The first-order valence-corrected chi connectivity index (χ1v) is 7.14. The number of carbonyl (C=O) groups excluding carboxylic acids is 1. The molecule has 0 saturated carbocycles. The van der Waals surface area contributed by atoms with Gasteiger partial charge in [-0.25, -0.2) is 0 Å². The third kappa shape index (κ3) is 3.06. The second-order valence-electron chi connectivity index (χ2n) is 4.25. The van der Waals surface area contributed by atoms with Crippen LogP contribution in [-0.2, 0) is 4.79 Å². The highest BCUT2D eigenvalue weighted by Gasteiger charge is 2.18. The van der Waals surface area contributed by atoms with Gasteiger partial charge in [0.25, 0.3) is 0 Å². The Balaban J connectivity index is 2.28. The lowest BCUT2D eigenvalue weighted by atomic mass is 10.00. The molecule has 0 radical (unpaired) electrons. The van der Waals surface area contributed by atoms with Gasteiger partial charge in [-0.1, -0.05) is 61.7 Å². The summed E-state index contributed by atoms with van der Waals surface area (Å²) in [5.41, 5.74) is 0.941. The van der Waals surface area contributed by atoms with E-state index in [1.807, 2.05) is 49.4 Å². The Morgan fingerprint density at radius 2 is 1.95 bits per heavy atom. The lowest BCUT2D eigenvalue weighted by molar-refractivity contribution is -0.108. The maximum absolute atomic E-state index is 11.7. The minimum Gasteiger partial charge on any atom is -0.384 e. The molecule has 19 heavy (non-hydrogen) atoms. The van der Waals surface area contributed by atoms with Gasteiger partial charge in [-0.2, -0.15) is 0 Å². The number of thioether (sulfide) groups is 1. The average Bonchev–Trinajstić information content (AvgIpc) is 2.45. The molecule has 0 heterocycles. The van der Waals surface area contributed by atoms with E-state index in [1.54, 1.807) is 0 Å². The third-order valence-corrected chi connectivity index (χ3v) is 3.77. The van der Waals surface area contributed by atoms with Crippen molar-refractivity contribution in [3.8, 4) is 0 Å². The van der Waals surface area contributed by atoms with Crippen molar-refractivity contribution < 1.29 is 9.90 Å². The summed E-state index contributed by atoms with van der Waals surface area (Å²) in [6, 6.07) is 13.6. The smallest absolute Gasteiger partial charge is 0.217 e. The van der Waals surface area contributed by atoms with Gasteiger partial charge >= 0.3 is 0 Å². The molecule has 0 aliphatic rings. The lowest BCUT2D eigenvalue weighted by Gasteiger charge is -2.13. The zero-order valence-corrected chi connectivity index (χ0v) is 11.6. The SMILES string of the molecule is C=C(C(=O)SCC)C(O)c1ccc2ccccc2c1. The predicted molar refractivity (Wildman–Crippen MR) is 81.2 cm³/mol. The standard InChI is InChI=1S/C16H16O2S/c1-3-19-16(18)11(2)15(17)14-9-8-12-6-4-5-7-13(12)10-14/h4-10,15,17H,2-3H2,1H3. The number of carbonyl (C=O) groups is 1. The van der Waals surface area contributed by atoms with Gasteiger partial charge in [0.15, 0.2) is 0 Å². The summed E-state index contributed by atoms with van der Waals surface area (Å²) in [4.78, 5) is 11.7. The minimum atomic E-state index is -0.934. The summed E-state index contributed by atoms with van der Waals surface area (Å²) in [7, 11) is 0. The van der Waals surface area contributed by atoms with E-state index < -0.39 is 6.10 Å². The van der Waals surface area contributed by atoms with Crippen molar-refractivity contribution in [2.24, 2.45) is 0 Å². The summed E-state index contributed by atoms with van der Waals surface area (Å²) in [6.07, 6.45) is -0.934. The number of aliphatic hydroxyl groups excluding tert-OH is 1. The molecule has 2 aromatic carbocycles. The van der Waals surface area contributed by atoms with Crippen molar-refractivity contribution in [1.29, 1.82) is 0 Å². The van der Waals surface area contributed by atoms with Crippen LogP contribution in [0.1, 0.15) is 18.6 Å². The van der Waals surface area contributed by atoms with Gasteiger partial charge in [-0.3, -0.25) is 4.79 Å². The van der Waals surface area contributed by atoms with Crippen LogP contribution in [0.2, 0.25) is 0 Å². The van der Waals surface area contributed by atoms with Crippen LogP contribution in [0, 0.1) is 0 Å². The van der Waals surface area contributed by atoms with Gasteiger partial charge in [-0.05, 0) is 28.2 Å². The van der Waals surface area contributed by atoms with E-state index in [0.717, 1.165) is 10.8 Å². The second kappa shape index (κ2) is 6.04. The highest BCUT2D eigenvalue weighted by Crippen LogP contribution is 2.27. The number of aliphatic hydroxyl groups is 1. The molecule has 1 N–H and O–H groups in total. The molecule has 0 fully saturated rings. The Kier molecular flexibility index (Phi) is 4.40. The molecular formula is C16H16O2S.